The zero-order chi connectivity index (χ0) is 47.1. The fourth-order valence-corrected chi connectivity index (χ4v) is 10.7. The molecule has 0 heterocycles. The summed E-state index contributed by atoms with van der Waals surface area (Å²) in [6, 6.07) is 104. The van der Waals surface area contributed by atoms with E-state index in [-0.39, 0.29) is 0 Å². The van der Waals surface area contributed by atoms with Gasteiger partial charge in [0, 0.05) is 17.1 Å². The first-order valence-electron chi connectivity index (χ1n) is 24.5. The molecular weight excluding hydrogens is 855 g/mol. The van der Waals surface area contributed by atoms with E-state index in [2.05, 4.69) is 290 Å². The van der Waals surface area contributed by atoms with E-state index in [1.807, 2.05) is 0 Å². The molecule has 0 saturated heterocycles. The van der Waals surface area contributed by atoms with Gasteiger partial charge in [-0.25, -0.2) is 0 Å². The predicted octanol–water partition coefficient (Wildman–Crippen LogP) is 19.8. The highest BCUT2D eigenvalue weighted by Gasteiger charge is 2.20. The van der Waals surface area contributed by atoms with Crippen molar-refractivity contribution in [3.05, 3.63) is 285 Å². The summed E-state index contributed by atoms with van der Waals surface area (Å²) in [4.78, 5) is 2.39. The zero-order valence-corrected chi connectivity index (χ0v) is 39.1. The maximum absolute atomic E-state index is 2.42. The number of hydrogen-bond donors (Lipinski definition) is 0. The fraction of sp³-hybridized carbons (Fsp3) is 0. The standard InChI is InChI=1S/C70H47N/c1-3-16-54(17-4-1)69-67-25-12-11-24-65(67)66-43-38-61(47-68(66)70(69)55-18-5-2-6-19-55)58-22-13-23-64(46-58)71(63-41-36-53(37-42-63)60-33-31-49-15-8-10-21-57(49)45-60)62-39-34-51(35-40-62)50-26-28-52(29-27-50)59-32-30-48-14-7-9-20-56(48)44-59/h1-47H. The van der Waals surface area contributed by atoms with Crippen LogP contribution in [0.1, 0.15) is 0 Å². The summed E-state index contributed by atoms with van der Waals surface area (Å²) in [5.41, 5.74) is 17.7. The fourth-order valence-electron chi connectivity index (χ4n) is 10.7. The molecule has 0 saturated carbocycles. The molecule has 0 bridgehead atoms. The van der Waals surface area contributed by atoms with Crippen LogP contribution in [0.4, 0.5) is 17.1 Å². The Bertz CT molecular complexity index is 4060. The summed E-state index contributed by atoms with van der Waals surface area (Å²) >= 11 is 0. The van der Waals surface area contributed by atoms with E-state index in [0.29, 0.717) is 0 Å². The highest BCUT2D eigenvalue weighted by molar-refractivity contribution is 6.22. The molecule has 0 radical (unpaired) electrons. The molecule has 71 heavy (non-hydrogen) atoms. The van der Waals surface area contributed by atoms with Gasteiger partial charge in [-0.05, 0) is 164 Å². The van der Waals surface area contributed by atoms with Crippen LogP contribution in [0.25, 0.3) is 110 Å². The Kier molecular flexibility index (Phi) is 10.6. The highest BCUT2D eigenvalue weighted by Crippen LogP contribution is 2.46. The van der Waals surface area contributed by atoms with Crippen molar-refractivity contribution in [3.8, 4) is 66.8 Å². The van der Waals surface area contributed by atoms with Crippen molar-refractivity contribution in [2.75, 3.05) is 4.90 Å². The highest BCUT2D eigenvalue weighted by atomic mass is 15.1. The number of rotatable bonds is 9. The average molecular weight is 902 g/mol. The lowest BCUT2D eigenvalue weighted by atomic mass is 9.84. The number of benzene rings is 13. The number of hydrogen-bond acceptors (Lipinski definition) is 1. The van der Waals surface area contributed by atoms with E-state index < -0.39 is 0 Å². The number of anilines is 3. The molecule has 1 heteroatoms. The van der Waals surface area contributed by atoms with Gasteiger partial charge in [0.2, 0.25) is 0 Å². The zero-order valence-electron chi connectivity index (χ0n) is 39.1. The number of nitrogens with zero attached hydrogens (tertiary/aromatic N) is 1. The van der Waals surface area contributed by atoms with Crippen LogP contribution in [0, 0.1) is 0 Å². The van der Waals surface area contributed by atoms with Crippen LogP contribution in [0.15, 0.2) is 285 Å². The summed E-state index contributed by atoms with van der Waals surface area (Å²) in [5.74, 6) is 0. The summed E-state index contributed by atoms with van der Waals surface area (Å²) in [6.07, 6.45) is 0. The maximum atomic E-state index is 2.42. The quantitative estimate of drug-likeness (QED) is 0.131. The van der Waals surface area contributed by atoms with Gasteiger partial charge in [0.1, 0.15) is 0 Å². The molecule has 0 spiro atoms. The second-order valence-corrected chi connectivity index (χ2v) is 18.5. The SMILES string of the molecule is c1ccc(-c2c(-c3ccccc3)c3cc(-c4cccc(N(c5ccc(-c6ccc(-c7ccc8ccccc8c7)cc6)cc5)c5ccc(-c6ccc7ccccc7c6)cc5)c4)ccc3c3ccccc23)cc1. The molecule has 0 aliphatic carbocycles. The van der Waals surface area contributed by atoms with Gasteiger partial charge < -0.3 is 4.90 Å². The lowest BCUT2D eigenvalue weighted by Crippen LogP contribution is -2.10. The Morgan fingerprint density at radius 2 is 0.535 bits per heavy atom. The maximum Gasteiger partial charge on any atom is 0.0467 e. The smallest absolute Gasteiger partial charge is 0.0467 e. The molecule has 0 unspecified atom stereocenters. The second-order valence-electron chi connectivity index (χ2n) is 18.5. The number of fused-ring (bicyclic) bond motifs is 5. The topological polar surface area (TPSA) is 3.24 Å². The lowest BCUT2D eigenvalue weighted by molar-refractivity contribution is 1.28. The van der Waals surface area contributed by atoms with E-state index in [0.717, 1.165) is 22.6 Å². The van der Waals surface area contributed by atoms with Gasteiger partial charge in [0.25, 0.3) is 0 Å². The molecule has 1 nitrogen and oxygen atoms in total. The van der Waals surface area contributed by atoms with Crippen LogP contribution in [0.2, 0.25) is 0 Å². The van der Waals surface area contributed by atoms with Gasteiger partial charge in [-0.3, -0.25) is 0 Å². The van der Waals surface area contributed by atoms with Crippen molar-refractivity contribution in [3.63, 3.8) is 0 Å². The Morgan fingerprint density at radius 1 is 0.169 bits per heavy atom. The summed E-state index contributed by atoms with van der Waals surface area (Å²) in [6.45, 7) is 0. The minimum absolute atomic E-state index is 1.08. The minimum Gasteiger partial charge on any atom is -0.310 e. The largest absolute Gasteiger partial charge is 0.310 e. The van der Waals surface area contributed by atoms with Crippen molar-refractivity contribution < 1.29 is 0 Å². The van der Waals surface area contributed by atoms with Crippen LogP contribution < -0.4 is 4.90 Å². The van der Waals surface area contributed by atoms with Gasteiger partial charge in [-0.2, -0.15) is 0 Å². The molecule has 0 atom stereocenters. The van der Waals surface area contributed by atoms with E-state index in [9.17, 15) is 0 Å². The Balaban J connectivity index is 0.910. The average Bonchev–Trinajstić information content (AvgIpc) is 3.45. The van der Waals surface area contributed by atoms with E-state index >= 15 is 0 Å². The minimum atomic E-state index is 1.08. The van der Waals surface area contributed by atoms with Crippen molar-refractivity contribution in [1.82, 2.24) is 0 Å². The van der Waals surface area contributed by atoms with Gasteiger partial charge in [0.05, 0.1) is 0 Å². The molecular formula is C70H47N. The van der Waals surface area contributed by atoms with Gasteiger partial charge in [-0.15, -0.1) is 0 Å². The first-order valence-corrected chi connectivity index (χ1v) is 24.5. The van der Waals surface area contributed by atoms with Crippen molar-refractivity contribution in [1.29, 1.82) is 0 Å². The molecule has 332 valence electrons. The molecule has 0 aromatic heterocycles. The monoisotopic (exact) mass is 901 g/mol. The van der Waals surface area contributed by atoms with Crippen molar-refractivity contribution in [2.45, 2.75) is 0 Å². The normalized spacial score (nSPS) is 11.4. The molecule has 0 fully saturated rings. The third-order valence-corrected chi connectivity index (χ3v) is 14.2. The third-order valence-electron chi connectivity index (χ3n) is 14.2. The van der Waals surface area contributed by atoms with Crippen LogP contribution in [0.5, 0.6) is 0 Å². The van der Waals surface area contributed by atoms with Crippen LogP contribution in [-0.2, 0) is 0 Å². The first kappa shape index (κ1) is 41.9. The van der Waals surface area contributed by atoms with E-state index in [4.69, 9.17) is 0 Å². The molecule has 0 aliphatic heterocycles. The molecule has 0 aliphatic rings. The van der Waals surface area contributed by atoms with Crippen molar-refractivity contribution >= 4 is 60.2 Å². The van der Waals surface area contributed by atoms with Crippen LogP contribution in [0.3, 0.4) is 0 Å². The van der Waals surface area contributed by atoms with Gasteiger partial charge in [0.15, 0.2) is 0 Å². The molecule has 0 N–H and O–H groups in total. The molecule has 13 aromatic carbocycles. The lowest BCUT2D eigenvalue weighted by Gasteiger charge is -2.26. The third kappa shape index (κ3) is 7.90. The Hall–Kier alpha value is -9.30. The molecule has 13 aromatic rings. The predicted molar refractivity (Wildman–Crippen MR) is 304 cm³/mol. The van der Waals surface area contributed by atoms with Gasteiger partial charge in [-0.1, -0.05) is 231 Å². The van der Waals surface area contributed by atoms with Crippen LogP contribution >= 0.6 is 0 Å². The van der Waals surface area contributed by atoms with Crippen molar-refractivity contribution in [2.24, 2.45) is 0 Å². The summed E-state index contributed by atoms with van der Waals surface area (Å²) in [7, 11) is 0. The molecule has 13 rings (SSSR count). The molecule has 0 amide bonds. The van der Waals surface area contributed by atoms with E-state index in [1.165, 1.54) is 104 Å². The second kappa shape index (κ2) is 18.0. The Morgan fingerprint density at radius 3 is 1.08 bits per heavy atom. The Labute approximate surface area is 414 Å². The summed E-state index contributed by atoms with van der Waals surface area (Å²) < 4.78 is 0. The van der Waals surface area contributed by atoms with Crippen LogP contribution in [-0.4, -0.2) is 0 Å². The summed E-state index contributed by atoms with van der Waals surface area (Å²) in [5, 5.41) is 9.99. The first-order chi connectivity index (χ1) is 35.2. The van der Waals surface area contributed by atoms with E-state index in [1.54, 1.807) is 0 Å². The van der Waals surface area contributed by atoms with Gasteiger partial charge >= 0.3 is 0 Å².